The fraction of sp³-hybridized carbons (Fsp3) is 0. The van der Waals surface area contributed by atoms with Gasteiger partial charge in [-0.15, -0.1) is 0 Å². The first-order valence-corrected chi connectivity index (χ1v) is 5.41. The summed E-state index contributed by atoms with van der Waals surface area (Å²) in [5.74, 6) is 1.16. The van der Waals surface area contributed by atoms with Crippen LogP contribution >= 0.6 is 0 Å². The SMILES string of the molecule is O=C(O)Nc1cccc2c1Oc1ccccc1N2. The van der Waals surface area contributed by atoms with Gasteiger partial charge in [0.15, 0.2) is 11.5 Å². The van der Waals surface area contributed by atoms with Gasteiger partial charge >= 0.3 is 6.09 Å². The Hall–Kier alpha value is -2.69. The van der Waals surface area contributed by atoms with Crippen LogP contribution in [-0.2, 0) is 0 Å². The molecule has 0 aliphatic carbocycles. The van der Waals surface area contributed by atoms with Crippen molar-refractivity contribution in [1.82, 2.24) is 0 Å². The number of amides is 1. The average molecular weight is 242 g/mol. The van der Waals surface area contributed by atoms with E-state index in [-0.39, 0.29) is 0 Å². The van der Waals surface area contributed by atoms with Crippen LogP contribution in [0.5, 0.6) is 11.5 Å². The molecular weight excluding hydrogens is 232 g/mol. The third-order valence-electron chi connectivity index (χ3n) is 2.63. The molecule has 0 saturated heterocycles. The highest BCUT2D eigenvalue weighted by atomic mass is 16.5. The summed E-state index contributed by atoms with van der Waals surface area (Å²) in [4.78, 5) is 10.7. The number of hydrogen-bond donors (Lipinski definition) is 3. The van der Waals surface area contributed by atoms with Gasteiger partial charge in [0.25, 0.3) is 0 Å². The summed E-state index contributed by atoms with van der Waals surface area (Å²) in [5, 5.41) is 14.3. The van der Waals surface area contributed by atoms with E-state index in [9.17, 15) is 4.79 Å². The number of rotatable bonds is 1. The molecule has 0 bridgehead atoms. The second-order valence-electron chi connectivity index (χ2n) is 3.84. The van der Waals surface area contributed by atoms with Crippen molar-refractivity contribution < 1.29 is 14.6 Å². The summed E-state index contributed by atoms with van der Waals surface area (Å²) in [6.07, 6.45) is -1.12. The van der Waals surface area contributed by atoms with Gasteiger partial charge in [0.2, 0.25) is 0 Å². The lowest BCUT2D eigenvalue weighted by atomic mass is 10.2. The molecule has 0 unspecified atom stereocenters. The summed E-state index contributed by atoms with van der Waals surface area (Å²) in [7, 11) is 0. The molecule has 2 aromatic carbocycles. The molecule has 5 nitrogen and oxygen atoms in total. The van der Waals surface area contributed by atoms with Gasteiger partial charge in [-0.2, -0.15) is 0 Å². The lowest BCUT2D eigenvalue weighted by molar-refractivity contribution is 0.209. The third-order valence-corrected chi connectivity index (χ3v) is 2.63. The van der Waals surface area contributed by atoms with Crippen LogP contribution in [0.15, 0.2) is 42.5 Å². The van der Waals surface area contributed by atoms with Gasteiger partial charge in [-0.05, 0) is 24.3 Å². The Bertz CT molecular complexity index is 625. The van der Waals surface area contributed by atoms with E-state index in [0.29, 0.717) is 17.2 Å². The van der Waals surface area contributed by atoms with E-state index < -0.39 is 6.09 Å². The highest BCUT2D eigenvalue weighted by Gasteiger charge is 2.19. The predicted molar refractivity (Wildman–Crippen MR) is 67.9 cm³/mol. The van der Waals surface area contributed by atoms with E-state index in [1.807, 2.05) is 30.3 Å². The molecule has 0 fully saturated rings. The predicted octanol–water partition coefficient (Wildman–Crippen LogP) is 3.63. The molecule has 3 rings (SSSR count). The number of nitrogens with one attached hydrogen (secondary N) is 2. The van der Waals surface area contributed by atoms with Gasteiger partial charge in [-0.3, -0.25) is 5.32 Å². The van der Waals surface area contributed by atoms with Crippen LogP contribution < -0.4 is 15.4 Å². The summed E-state index contributed by atoms with van der Waals surface area (Å²) in [5.41, 5.74) is 2.01. The van der Waals surface area contributed by atoms with Crippen LogP contribution in [-0.4, -0.2) is 11.2 Å². The van der Waals surface area contributed by atoms with Crippen molar-refractivity contribution in [3.05, 3.63) is 42.5 Å². The number of hydrogen-bond acceptors (Lipinski definition) is 3. The topological polar surface area (TPSA) is 70.6 Å². The van der Waals surface area contributed by atoms with E-state index in [1.54, 1.807) is 12.1 Å². The average Bonchev–Trinajstić information content (AvgIpc) is 2.36. The molecule has 3 N–H and O–H groups in total. The van der Waals surface area contributed by atoms with E-state index in [4.69, 9.17) is 9.84 Å². The van der Waals surface area contributed by atoms with E-state index >= 15 is 0 Å². The number of carboxylic acid groups (broad SMARTS) is 1. The van der Waals surface area contributed by atoms with Crippen LogP contribution in [0.2, 0.25) is 0 Å². The largest absolute Gasteiger partial charge is 0.465 e. The second kappa shape index (κ2) is 3.96. The number of carbonyl (C=O) groups is 1. The molecule has 0 radical (unpaired) electrons. The third kappa shape index (κ3) is 1.71. The standard InChI is InChI=1S/C13H10N2O3/c16-13(17)15-10-6-3-5-9-12(10)18-11-7-2-1-4-8(11)14-9/h1-7,14-15H,(H,16,17). The number of ether oxygens (including phenoxy) is 1. The van der Waals surface area contributed by atoms with Crippen molar-refractivity contribution in [2.24, 2.45) is 0 Å². The normalized spacial score (nSPS) is 11.6. The Morgan fingerprint density at radius 3 is 2.72 bits per heavy atom. The molecule has 0 saturated carbocycles. The Balaban J connectivity index is 2.04. The van der Waals surface area contributed by atoms with Crippen molar-refractivity contribution in [3.63, 3.8) is 0 Å². The zero-order valence-electron chi connectivity index (χ0n) is 9.31. The maximum atomic E-state index is 10.7. The summed E-state index contributed by atoms with van der Waals surface area (Å²) < 4.78 is 5.72. The van der Waals surface area contributed by atoms with Crippen molar-refractivity contribution in [2.75, 3.05) is 10.6 Å². The van der Waals surface area contributed by atoms with Crippen molar-refractivity contribution >= 4 is 23.2 Å². The van der Waals surface area contributed by atoms with E-state index in [2.05, 4.69) is 10.6 Å². The molecule has 0 atom stereocenters. The molecule has 2 aromatic rings. The number of benzene rings is 2. The molecule has 1 amide bonds. The van der Waals surface area contributed by atoms with Crippen LogP contribution in [0, 0.1) is 0 Å². The number of fused-ring (bicyclic) bond motifs is 2. The molecule has 90 valence electrons. The molecule has 1 aliphatic rings. The molecule has 18 heavy (non-hydrogen) atoms. The lowest BCUT2D eigenvalue weighted by Crippen LogP contribution is -2.10. The maximum absolute atomic E-state index is 10.7. The van der Waals surface area contributed by atoms with E-state index in [1.165, 1.54) is 0 Å². The van der Waals surface area contributed by atoms with Gasteiger partial charge in [-0.1, -0.05) is 18.2 Å². The quantitative estimate of drug-likeness (QED) is 0.609. The van der Waals surface area contributed by atoms with Crippen LogP contribution in [0.3, 0.4) is 0 Å². The highest BCUT2D eigenvalue weighted by Crippen LogP contribution is 2.45. The Kier molecular flexibility index (Phi) is 2.30. The minimum Gasteiger partial charge on any atom is -0.465 e. The Morgan fingerprint density at radius 1 is 1.11 bits per heavy atom. The Labute approximate surface area is 103 Å². The van der Waals surface area contributed by atoms with Crippen LogP contribution in [0.4, 0.5) is 21.9 Å². The second-order valence-corrected chi connectivity index (χ2v) is 3.84. The summed E-state index contributed by atoms with van der Waals surface area (Å²) in [6.45, 7) is 0. The van der Waals surface area contributed by atoms with Gasteiger partial charge in [0.05, 0.1) is 17.1 Å². The lowest BCUT2D eigenvalue weighted by Gasteiger charge is -2.23. The van der Waals surface area contributed by atoms with Gasteiger partial charge in [0, 0.05) is 0 Å². The molecule has 0 aromatic heterocycles. The molecular formula is C13H10N2O3. The minimum absolute atomic E-state index is 0.419. The first-order valence-electron chi connectivity index (χ1n) is 5.41. The minimum atomic E-state index is -1.12. The van der Waals surface area contributed by atoms with Crippen LogP contribution in [0.25, 0.3) is 0 Å². The van der Waals surface area contributed by atoms with Gasteiger partial charge in [-0.25, -0.2) is 4.79 Å². The number of anilines is 3. The van der Waals surface area contributed by atoms with Crippen LogP contribution in [0.1, 0.15) is 0 Å². The Morgan fingerprint density at radius 2 is 1.89 bits per heavy atom. The number of para-hydroxylation sites is 3. The van der Waals surface area contributed by atoms with Gasteiger partial charge < -0.3 is 15.2 Å². The highest BCUT2D eigenvalue weighted by molar-refractivity contribution is 5.90. The molecule has 0 spiro atoms. The van der Waals surface area contributed by atoms with Crippen molar-refractivity contribution in [2.45, 2.75) is 0 Å². The summed E-state index contributed by atoms with van der Waals surface area (Å²) in [6, 6.07) is 12.7. The monoisotopic (exact) mass is 242 g/mol. The zero-order valence-corrected chi connectivity index (χ0v) is 9.31. The van der Waals surface area contributed by atoms with Crippen molar-refractivity contribution in [1.29, 1.82) is 0 Å². The van der Waals surface area contributed by atoms with Crippen molar-refractivity contribution in [3.8, 4) is 11.5 Å². The van der Waals surface area contributed by atoms with E-state index in [0.717, 1.165) is 11.4 Å². The molecule has 1 aliphatic heterocycles. The fourth-order valence-electron chi connectivity index (χ4n) is 1.87. The zero-order chi connectivity index (χ0) is 12.5. The maximum Gasteiger partial charge on any atom is 0.409 e. The molecule has 5 heteroatoms. The smallest absolute Gasteiger partial charge is 0.409 e. The first kappa shape index (κ1) is 10.5. The van der Waals surface area contributed by atoms with Gasteiger partial charge in [0.1, 0.15) is 0 Å². The fourth-order valence-corrected chi connectivity index (χ4v) is 1.87. The molecule has 1 heterocycles. The first-order chi connectivity index (χ1) is 8.74. The summed E-state index contributed by atoms with van der Waals surface area (Å²) >= 11 is 0.